The van der Waals surface area contributed by atoms with Crippen LogP contribution in [0.2, 0.25) is 0 Å². The number of esters is 2. The Morgan fingerprint density at radius 2 is 0.970 bits per heavy atom. The van der Waals surface area contributed by atoms with Gasteiger partial charge in [-0.05, 0) is 49.7 Å². The summed E-state index contributed by atoms with van der Waals surface area (Å²) in [7, 11) is 0. The zero-order valence-electron chi connectivity index (χ0n) is 18.5. The first-order valence-electron chi connectivity index (χ1n) is 11.1. The van der Waals surface area contributed by atoms with E-state index < -0.39 is 35.7 Å². The number of carbonyl (C=O) groups excluding carboxylic acids is 2. The molecule has 0 aliphatic carbocycles. The lowest BCUT2D eigenvalue weighted by Crippen LogP contribution is -2.27. The van der Waals surface area contributed by atoms with Crippen molar-refractivity contribution in [2.24, 2.45) is 11.8 Å². The Labute approximate surface area is 193 Å². The molecule has 0 aliphatic rings. The average Bonchev–Trinajstić information content (AvgIpc) is 2.80. The number of hydrogen-bond acceptors (Lipinski definition) is 5. The highest BCUT2D eigenvalue weighted by molar-refractivity contribution is 5.88. The molecule has 176 valence electrons. The van der Waals surface area contributed by atoms with Gasteiger partial charge in [0.05, 0.1) is 11.8 Å². The molecule has 0 bridgehead atoms. The molecule has 7 heteroatoms. The second-order valence-corrected chi connectivity index (χ2v) is 8.05. The van der Waals surface area contributed by atoms with Gasteiger partial charge in [-0.3, -0.25) is 19.2 Å². The number of aryl methyl sites for hydroxylation is 2. The van der Waals surface area contributed by atoms with E-state index in [0.717, 1.165) is 11.1 Å². The number of benzene rings is 2. The van der Waals surface area contributed by atoms with E-state index >= 15 is 0 Å². The SMILES string of the molecule is O=C(O)CCC(CCc1ccccc1)C(=O)OC(=O)C(CCC(=O)O)CCc1ccccc1. The summed E-state index contributed by atoms with van der Waals surface area (Å²) < 4.78 is 5.15. The topological polar surface area (TPSA) is 118 Å². The minimum absolute atomic E-state index is 0.0675. The van der Waals surface area contributed by atoms with Gasteiger partial charge < -0.3 is 14.9 Å². The van der Waals surface area contributed by atoms with Crippen molar-refractivity contribution in [1.29, 1.82) is 0 Å². The maximum atomic E-state index is 12.8. The molecule has 0 heterocycles. The summed E-state index contributed by atoms with van der Waals surface area (Å²) in [6.45, 7) is 0. The van der Waals surface area contributed by atoms with Gasteiger partial charge in [-0.2, -0.15) is 0 Å². The summed E-state index contributed by atoms with van der Waals surface area (Å²) in [6, 6.07) is 18.9. The molecule has 0 fully saturated rings. The molecular weight excluding hydrogens is 424 g/mol. The number of hydrogen-bond donors (Lipinski definition) is 2. The number of carboxylic acid groups (broad SMARTS) is 2. The summed E-state index contributed by atoms with van der Waals surface area (Å²) in [5, 5.41) is 18.1. The molecule has 0 radical (unpaired) electrons. The molecule has 2 unspecified atom stereocenters. The number of rotatable bonds is 14. The van der Waals surface area contributed by atoms with Gasteiger partial charge in [-0.15, -0.1) is 0 Å². The van der Waals surface area contributed by atoms with E-state index in [1.807, 2.05) is 60.7 Å². The van der Waals surface area contributed by atoms with E-state index in [1.54, 1.807) is 0 Å². The van der Waals surface area contributed by atoms with E-state index in [1.165, 1.54) is 0 Å². The molecule has 7 nitrogen and oxygen atoms in total. The third-order valence-electron chi connectivity index (χ3n) is 5.53. The molecular formula is C26H30O7. The Kier molecular flexibility index (Phi) is 10.8. The fraction of sp³-hybridized carbons (Fsp3) is 0.385. The number of aliphatic carboxylic acids is 2. The molecule has 2 atom stereocenters. The van der Waals surface area contributed by atoms with E-state index in [4.69, 9.17) is 14.9 Å². The van der Waals surface area contributed by atoms with Crippen LogP contribution < -0.4 is 0 Å². The van der Waals surface area contributed by atoms with Crippen LogP contribution in [-0.2, 0) is 36.8 Å². The van der Waals surface area contributed by atoms with E-state index in [9.17, 15) is 19.2 Å². The Hall–Kier alpha value is -3.48. The van der Waals surface area contributed by atoms with Crippen LogP contribution in [0.3, 0.4) is 0 Å². The largest absolute Gasteiger partial charge is 0.481 e. The van der Waals surface area contributed by atoms with Crippen molar-refractivity contribution in [3.63, 3.8) is 0 Å². The third-order valence-corrected chi connectivity index (χ3v) is 5.53. The first-order valence-corrected chi connectivity index (χ1v) is 11.1. The van der Waals surface area contributed by atoms with Crippen molar-refractivity contribution >= 4 is 23.9 Å². The van der Waals surface area contributed by atoms with Crippen LogP contribution in [0.4, 0.5) is 0 Å². The summed E-state index contributed by atoms with van der Waals surface area (Å²) in [5.41, 5.74) is 2.00. The number of carbonyl (C=O) groups is 4. The molecule has 2 rings (SSSR count). The van der Waals surface area contributed by atoms with Gasteiger partial charge in [-0.25, -0.2) is 0 Å². The second-order valence-electron chi connectivity index (χ2n) is 8.05. The van der Waals surface area contributed by atoms with Gasteiger partial charge in [-0.1, -0.05) is 60.7 Å². The summed E-state index contributed by atoms with van der Waals surface area (Å²) in [6.07, 6.45) is 1.52. The predicted octanol–water partition coefficient (Wildman–Crippen LogP) is 4.28. The van der Waals surface area contributed by atoms with Gasteiger partial charge in [0.15, 0.2) is 0 Å². The lowest BCUT2D eigenvalue weighted by atomic mass is 9.94. The highest BCUT2D eigenvalue weighted by Crippen LogP contribution is 2.21. The van der Waals surface area contributed by atoms with Crippen molar-refractivity contribution in [1.82, 2.24) is 0 Å². The van der Waals surface area contributed by atoms with Crippen molar-refractivity contribution in [2.45, 2.75) is 51.4 Å². The Morgan fingerprint density at radius 1 is 0.606 bits per heavy atom. The third kappa shape index (κ3) is 10.1. The molecule has 0 aromatic heterocycles. The van der Waals surface area contributed by atoms with Crippen molar-refractivity contribution in [2.75, 3.05) is 0 Å². The second kappa shape index (κ2) is 13.8. The van der Waals surface area contributed by atoms with Crippen molar-refractivity contribution in [3.8, 4) is 0 Å². The monoisotopic (exact) mass is 454 g/mol. The smallest absolute Gasteiger partial charge is 0.316 e. The summed E-state index contributed by atoms with van der Waals surface area (Å²) >= 11 is 0. The van der Waals surface area contributed by atoms with Crippen LogP contribution in [0.15, 0.2) is 60.7 Å². The zero-order valence-corrected chi connectivity index (χ0v) is 18.5. The van der Waals surface area contributed by atoms with Crippen LogP contribution >= 0.6 is 0 Å². The van der Waals surface area contributed by atoms with Gasteiger partial charge in [0.1, 0.15) is 0 Å². The molecule has 0 amide bonds. The molecule has 0 aliphatic heterocycles. The Balaban J connectivity index is 2.01. The van der Waals surface area contributed by atoms with Gasteiger partial charge >= 0.3 is 23.9 Å². The quantitative estimate of drug-likeness (QED) is 0.323. The predicted molar refractivity (Wildman–Crippen MR) is 121 cm³/mol. The first-order chi connectivity index (χ1) is 15.8. The van der Waals surface area contributed by atoms with E-state index in [2.05, 4.69) is 0 Å². The molecule has 0 saturated heterocycles. The highest BCUT2D eigenvalue weighted by atomic mass is 16.6. The van der Waals surface area contributed by atoms with E-state index in [0.29, 0.717) is 25.7 Å². The van der Waals surface area contributed by atoms with Crippen LogP contribution in [-0.4, -0.2) is 34.1 Å². The van der Waals surface area contributed by atoms with Crippen LogP contribution in [0.1, 0.15) is 49.7 Å². The minimum atomic E-state index is -1.03. The lowest BCUT2D eigenvalue weighted by Gasteiger charge is -2.18. The van der Waals surface area contributed by atoms with Crippen molar-refractivity contribution < 1.29 is 34.1 Å². The van der Waals surface area contributed by atoms with E-state index in [-0.39, 0.29) is 25.7 Å². The van der Waals surface area contributed by atoms with Crippen molar-refractivity contribution in [3.05, 3.63) is 71.8 Å². The lowest BCUT2D eigenvalue weighted by molar-refractivity contribution is -0.166. The van der Waals surface area contributed by atoms with Gasteiger partial charge in [0.25, 0.3) is 0 Å². The fourth-order valence-electron chi connectivity index (χ4n) is 3.59. The average molecular weight is 455 g/mol. The maximum Gasteiger partial charge on any atom is 0.316 e. The van der Waals surface area contributed by atoms with Gasteiger partial charge in [0.2, 0.25) is 0 Å². The highest BCUT2D eigenvalue weighted by Gasteiger charge is 2.28. The standard InChI is InChI=1S/C26H30O7/c27-23(28)17-15-21(13-11-19-7-3-1-4-8-19)25(31)33-26(32)22(16-18-24(29)30)14-12-20-9-5-2-6-10-20/h1-10,21-22H,11-18H2,(H,27,28)(H,29,30). The molecule has 2 N–H and O–H groups in total. The number of carboxylic acids is 2. The maximum absolute atomic E-state index is 12.8. The molecule has 0 spiro atoms. The summed E-state index contributed by atoms with van der Waals surface area (Å²) in [4.78, 5) is 47.6. The van der Waals surface area contributed by atoms with Crippen LogP contribution in [0, 0.1) is 11.8 Å². The fourth-order valence-corrected chi connectivity index (χ4v) is 3.59. The Morgan fingerprint density at radius 3 is 1.30 bits per heavy atom. The van der Waals surface area contributed by atoms with Crippen LogP contribution in [0.25, 0.3) is 0 Å². The zero-order chi connectivity index (χ0) is 24.1. The molecule has 2 aromatic carbocycles. The number of ether oxygens (including phenoxy) is 1. The summed E-state index contributed by atoms with van der Waals surface area (Å²) in [5.74, 6) is -5.03. The molecule has 0 saturated carbocycles. The first kappa shape index (κ1) is 25.8. The Bertz CT molecular complexity index is 833. The molecule has 2 aromatic rings. The van der Waals surface area contributed by atoms with Gasteiger partial charge in [0, 0.05) is 12.8 Å². The molecule has 33 heavy (non-hydrogen) atoms. The normalized spacial score (nSPS) is 12.5. The minimum Gasteiger partial charge on any atom is -0.481 e. The van der Waals surface area contributed by atoms with Crippen LogP contribution in [0.5, 0.6) is 0 Å².